The maximum atomic E-state index is 5.42. The van der Waals surface area contributed by atoms with Gasteiger partial charge in [0, 0.05) is 37.6 Å². The maximum absolute atomic E-state index is 5.42. The zero-order valence-corrected chi connectivity index (χ0v) is 19.2. The number of likely N-dealkylation sites (N-methyl/N-ethyl adjacent to an activating group) is 1. The lowest BCUT2D eigenvalue weighted by atomic mass is 10.0. The van der Waals surface area contributed by atoms with Crippen molar-refractivity contribution < 1.29 is 4.74 Å². The molecule has 7 heteroatoms. The van der Waals surface area contributed by atoms with Crippen LogP contribution in [0, 0.1) is 0 Å². The molecule has 2 rings (SSSR count). The van der Waals surface area contributed by atoms with E-state index < -0.39 is 0 Å². The summed E-state index contributed by atoms with van der Waals surface area (Å²) in [5.41, 5.74) is 1.24. The molecule has 1 unspecified atom stereocenters. The van der Waals surface area contributed by atoms with Gasteiger partial charge in [-0.25, -0.2) is 4.98 Å². The van der Waals surface area contributed by atoms with E-state index in [1.165, 1.54) is 15.4 Å². The van der Waals surface area contributed by atoms with E-state index in [0.717, 1.165) is 50.7 Å². The number of aliphatic imine (C=N–C) groups is 1. The molecule has 0 saturated carbocycles. The molecule has 0 amide bonds. The number of nitrogens with zero attached hydrogens (tertiary/aromatic N) is 3. The molecule has 0 aliphatic carbocycles. The van der Waals surface area contributed by atoms with Crippen LogP contribution in [0.3, 0.4) is 0 Å². The van der Waals surface area contributed by atoms with Crippen LogP contribution in [-0.4, -0.2) is 56.2 Å². The van der Waals surface area contributed by atoms with E-state index in [1.807, 2.05) is 19.3 Å². The SMILES string of the molecule is CCc1cnc(CCNC(=NC)NCC(c2cccc(OC)c2)N(CC)CC)s1. The Morgan fingerprint density at radius 1 is 1.24 bits per heavy atom. The Balaban J connectivity index is 1.96. The van der Waals surface area contributed by atoms with E-state index in [-0.39, 0.29) is 6.04 Å². The van der Waals surface area contributed by atoms with Gasteiger partial charge in [0.05, 0.1) is 18.2 Å². The van der Waals surface area contributed by atoms with Crippen molar-refractivity contribution in [1.29, 1.82) is 0 Å². The van der Waals surface area contributed by atoms with Crippen LogP contribution >= 0.6 is 11.3 Å². The Morgan fingerprint density at radius 3 is 2.66 bits per heavy atom. The van der Waals surface area contributed by atoms with Crippen molar-refractivity contribution in [3.8, 4) is 5.75 Å². The van der Waals surface area contributed by atoms with Gasteiger partial charge >= 0.3 is 0 Å². The first-order valence-electron chi connectivity index (χ1n) is 10.4. The molecule has 0 saturated heterocycles. The summed E-state index contributed by atoms with van der Waals surface area (Å²) in [4.78, 5) is 12.6. The Bertz CT molecular complexity index is 757. The van der Waals surface area contributed by atoms with Crippen LogP contribution in [-0.2, 0) is 12.8 Å². The molecule has 160 valence electrons. The summed E-state index contributed by atoms with van der Waals surface area (Å²) in [6.07, 6.45) is 3.93. The van der Waals surface area contributed by atoms with Crippen molar-refractivity contribution in [2.24, 2.45) is 4.99 Å². The minimum atomic E-state index is 0.240. The second-order valence-electron chi connectivity index (χ2n) is 6.72. The number of methoxy groups -OCH3 is 1. The molecule has 1 aromatic heterocycles. The van der Waals surface area contributed by atoms with Gasteiger partial charge in [0.2, 0.25) is 0 Å². The molecule has 0 aliphatic rings. The first-order valence-corrected chi connectivity index (χ1v) is 11.2. The largest absolute Gasteiger partial charge is 0.497 e. The third kappa shape index (κ3) is 7.01. The molecule has 0 radical (unpaired) electrons. The summed E-state index contributed by atoms with van der Waals surface area (Å²) in [7, 11) is 3.52. The standard InChI is InChI=1S/C22H35N5OS/c1-6-19-15-25-21(29-19)12-13-24-22(23-4)26-16-20(27(7-2)8-3)17-10-9-11-18(14-17)28-5/h9-11,14-15,20H,6-8,12-13,16H2,1-5H3,(H2,23,24,26). The lowest BCUT2D eigenvalue weighted by Gasteiger charge is -2.31. The number of aromatic nitrogens is 1. The van der Waals surface area contributed by atoms with Gasteiger partial charge in [-0.05, 0) is 37.2 Å². The van der Waals surface area contributed by atoms with Gasteiger partial charge in [-0.1, -0.05) is 32.9 Å². The summed E-state index contributed by atoms with van der Waals surface area (Å²) in [5, 5.41) is 8.08. The molecule has 1 aromatic carbocycles. The summed E-state index contributed by atoms with van der Waals surface area (Å²) < 4.78 is 5.42. The smallest absolute Gasteiger partial charge is 0.191 e. The summed E-state index contributed by atoms with van der Waals surface area (Å²) in [6, 6.07) is 8.56. The number of rotatable bonds is 11. The van der Waals surface area contributed by atoms with Crippen molar-refractivity contribution in [1.82, 2.24) is 20.5 Å². The molecule has 2 aromatic rings. The number of ether oxygens (including phenoxy) is 1. The fourth-order valence-electron chi connectivity index (χ4n) is 3.30. The van der Waals surface area contributed by atoms with Crippen molar-refractivity contribution in [2.45, 2.75) is 39.7 Å². The monoisotopic (exact) mass is 417 g/mol. The maximum Gasteiger partial charge on any atom is 0.191 e. The van der Waals surface area contributed by atoms with Gasteiger partial charge in [-0.2, -0.15) is 0 Å². The molecule has 1 heterocycles. The predicted molar refractivity (Wildman–Crippen MR) is 123 cm³/mol. The second-order valence-corrected chi connectivity index (χ2v) is 7.92. The Kier molecular flexibility index (Phi) is 9.94. The molecular formula is C22H35N5OS. The number of hydrogen-bond donors (Lipinski definition) is 2. The van der Waals surface area contributed by atoms with Crippen LogP contribution in [0.1, 0.15) is 42.3 Å². The first-order chi connectivity index (χ1) is 14.1. The summed E-state index contributed by atoms with van der Waals surface area (Å²) >= 11 is 1.79. The van der Waals surface area contributed by atoms with Crippen molar-refractivity contribution in [3.05, 3.63) is 45.9 Å². The number of guanidine groups is 1. The molecular weight excluding hydrogens is 382 g/mol. The normalized spacial score (nSPS) is 12.8. The molecule has 1 atom stereocenters. The molecule has 0 fully saturated rings. The molecule has 0 bridgehead atoms. The minimum Gasteiger partial charge on any atom is -0.497 e. The Morgan fingerprint density at radius 2 is 2.03 bits per heavy atom. The van der Waals surface area contributed by atoms with Crippen LogP contribution < -0.4 is 15.4 Å². The van der Waals surface area contributed by atoms with Crippen molar-refractivity contribution in [2.75, 3.05) is 40.3 Å². The minimum absolute atomic E-state index is 0.240. The Labute approximate surface area is 179 Å². The summed E-state index contributed by atoms with van der Waals surface area (Å²) in [5.74, 6) is 1.70. The van der Waals surface area contributed by atoms with E-state index in [2.05, 4.69) is 64.5 Å². The van der Waals surface area contributed by atoms with Gasteiger partial charge in [0.1, 0.15) is 5.75 Å². The first kappa shape index (κ1) is 23.2. The number of hydrogen-bond acceptors (Lipinski definition) is 5. The fourth-order valence-corrected chi connectivity index (χ4v) is 4.16. The third-order valence-electron chi connectivity index (χ3n) is 5.00. The van der Waals surface area contributed by atoms with Crippen LogP contribution in [0.15, 0.2) is 35.5 Å². The van der Waals surface area contributed by atoms with Gasteiger partial charge < -0.3 is 15.4 Å². The van der Waals surface area contributed by atoms with Gasteiger partial charge in [-0.3, -0.25) is 9.89 Å². The quantitative estimate of drug-likeness (QED) is 0.433. The highest BCUT2D eigenvalue weighted by Gasteiger charge is 2.19. The topological polar surface area (TPSA) is 61.8 Å². The molecule has 2 N–H and O–H groups in total. The number of benzene rings is 1. The molecule has 6 nitrogen and oxygen atoms in total. The lowest BCUT2D eigenvalue weighted by Crippen LogP contribution is -2.43. The van der Waals surface area contributed by atoms with E-state index in [4.69, 9.17) is 4.74 Å². The number of thiazole rings is 1. The third-order valence-corrected chi connectivity index (χ3v) is 6.20. The van der Waals surface area contributed by atoms with E-state index in [9.17, 15) is 0 Å². The van der Waals surface area contributed by atoms with Crippen LogP contribution in [0.25, 0.3) is 0 Å². The van der Waals surface area contributed by atoms with Gasteiger partial charge in [-0.15, -0.1) is 11.3 Å². The van der Waals surface area contributed by atoms with Gasteiger partial charge in [0.15, 0.2) is 5.96 Å². The van der Waals surface area contributed by atoms with E-state index >= 15 is 0 Å². The fraction of sp³-hybridized carbons (Fsp3) is 0.545. The van der Waals surface area contributed by atoms with Crippen LogP contribution in [0.2, 0.25) is 0 Å². The number of aryl methyl sites for hydroxylation is 1. The second kappa shape index (κ2) is 12.4. The highest BCUT2D eigenvalue weighted by molar-refractivity contribution is 7.11. The average molecular weight is 418 g/mol. The summed E-state index contributed by atoms with van der Waals surface area (Å²) in [6.45, 7) is 10.1. The number of nitrogens with one attached hydrogen (secondary N) is 2. The highest BCUT2D eigenvalue weighted by Crippen LogP contribution is 2.23. The molecule has 0 aliphatic heterocycles. The average Bonchev–Trinajstić information content (AvgIpc) is 3.23. The molecule has 29 heavy (non-hydrogen) atoms. The predicted octanol–water partition coefficient (Wildman–Crippen LogP) is 3.50. The van der Waals surface area contributed by atoms with Crippen LogP contribution in [0.5, 0.6) is 5.75 Å². The molecule has 0 spiro atoms. The van der Waals surface area contributed by atoms with E-state index in [0.29, 0.717) is 0 Å². The highest BCUT2D eigenvalue weighted by atomic mass is 32.1. The van der Waals surface area contributed by atoms with Crippen LogP contribution in [0.4, 0.5) is 0 Å². The zero-order valence-electron chi connectivity index (χ0n) is 18.4. The van der Waals surface area contributed by atoms with E-state index in [1.54, 1.807) is 18.4 Å². The Hall–Kier alpha value is -2.12. The van der Waals surface area contributed by atoms with Crippen molar-refractivity contribution in [3.63, 3.8) is 0 Å². The zero-order chi connectivity index (χ0) is 21.1. The van der Waals surface area contributed by atoms with Gasteiger partial charge in [0.25, 0.3) is 0 Å². The lowest BCUT2D eigenvalue weighted by molar-refractivity contribution is 0.218. The van der Waals surface area contributed by atoms with Crippen molar-refractivity contribution >= 4 is 17.3 Å².